The van der Waals surface area contributed by atoms with Crippen LogP contribution in [0, 0.1) is 5.92 Å². The van der Waals surface area contributed by atoms with E-state index < -0.39 is 40.9 Å². The topological polar surface area (TPSA) is 194 Å². The number of halogens is 2. The quantitative estimate of drug-likeness (QED) is 0.224. The van der Waals surface area contributed by atoms with Gasteiger partial charge < -0.3 is 14.2 Å². The van der Waals surface area contributed by atoms with Gasteiger partial charge >= 0.3 is 5.69 Å². The Morgan fingerprint density at radius 1 is 0.797 bits per heavy atom. The fourth-order valence-electron chi connectivity index (χ4n) is 8.55. The van der Waals surface area contributed by atoms with Crippen molar-refractivity contribution >= 4 is 69.6 Å². The van der Waals surface area contributed by atoms with Crippen LogP contribution in [0.5, 0.6) is 0 Å². The van der Waals surface area contributed by atoms with Crippen molar-refractivity contribution in [3.05, 3.63) is 84.3 Å². The third-order valence-corrected chi connectivity index (χ3v) is 12.6. The Balaban J connectivity index is 0.854. The molecule has 0 saturated carbocycles. The zero-order valence-corrected chi connectivity index (χ0v) is 33.7. The van der Waals surface area contributed by atoms with Gasteiger partial charge in [0.1, 0.15) is 12.6 Å². The molecule has 0 radical (unpaired) electrons. The number of piperazine rings is 1. The Hall–Kier alpha value is -5.85. The van der Waals surface area contributed by atoms with E-state index in [9.17, 15) is 28.8 Å². The van der Waals surface area contributed by atoms with Crippen LogP contribution in [0.15, 0.2) is 50.4 Å². The van der Waals surface area contributed by atoms with Crippen LogP contribution in [0.4, 0.5) is 11.6 Å². The molecule has 59 heavy (non-hydrogen) atoms. The van der Waals surface area contributed by atoms with E-state index in [4.69, 9.17) is 32.6 Å². The van der Waals surface area contributed by atoms with E-state index in [0.29, 0.717) is 40.6 Å². The second-order valence-electron chi connectivity index (χ2n) is 15.4. The number of imidazole rings is 1. The van der Waals surface area contributed by atoms with Crippen molar-refractivity contribution in [2.24, 2.45) is 20.0 Å². The summed E-state index contributed by atoms with van der Waals surface area (Å²) >= 11 is 12.3. The highest BCUT2D eigenvalue weighted by Gasteiger charge is 2.45. The van der Waals surface area contributed by atoms with Crippen LogP contribution >= 0.6 is 23.2 Å². The first kappa shape index (κ1) is 38.7. The molecular weight excluding hydrogens is 805 g/mol. The highest BCUT2D eigenvalue weighted by molar-refractivity contribution is 6.42. The molecule has 20 heteroatoms. The summed E-state index contributed by atoms with van der Waals surface area (Å²) in [4.78, 5) is 89.8. The summed E-state index contributed by atoms with van der Waals surface area (Å²) < 4.78 is 10.2. The lowest BCUT2D eigenvalue weighted by Gasteiger charge is -2.39. The molecule has 0 spiro atoms. The zero-order chi connectivity index (χ0) is 41.3. The van der Waals surface area contributed by atoms with Crippen LogP contribution in [-0.4, -0.2) is 114 Å². The number of benzene rings is 2. The smallest absolute Gasteiger partial charge is 0.332 e. The van der Waals surface area contributed by atoms with Crippen molar-refractivity contribution in [1.29, 1.82) is 0 Å². The second kappa shape index (κ2) is 15.1. The normalized spacial score (nSPS) is 19.3. The van der Waals surface area contributed by atoms with Gasteiger partial charge in [0.2, 0.25) is 29.5 Å². The first-order valence-electron chi connectivity index (χ1n) is 19.4. The summed E-state index contributed by atoms with van der Waals surface area (Å²) in [5, 5.41) is 11.4. The number of carbonyl (C=O) groups excluding carboxylic acids is 4. The Morgan fingerprint density at radius 3 is 2.27 bits per heavy atom. The van der Waals surface area contributed by atoms with Gasteiger partial charge in [0.15, 0.2) is 11.2 Å². The molecule has 2 aromatic carbocycles. The Kier molecular flexibility index (Phi) is 9.87. The maximum absolute atomic E-state index is 13.6. The maximum Gasteiger partial charge on any atom is 0.332 e. The van der Waals surface area contributed by atoms with Crippen LogP contribution < -0.4 is 26.4 Å². The van der Waals surface area contributed by atoms with E-state index >= 15 is 0 Å². The van der Waals surface area contributed by atoms with Gasteiger partial charge in [-0.25, -0.2) is 4.79 Å². The molecule has 1 atom stereocenters. The number of amides is 4. The van der Waals surface area contributed by atoms with Gasteiger partial charge in [-0.3, -0.25) is 52.8 Å². The van der Waals surface area contributed by atoms with Crippen LogP contribution in [0.25, 0.3) is 22.6 Å². The summed E-state index contributed by atoms with van der Waals surface area (Å²) in [6.07, 6.45) is 2.06. The van der Waals surface area contributed by atoms with E-state index in [2.05, 4.69) is 30.2 Å². The number of nitrogens with zero attached hydrogens (tertiary/aromatic N) is 10. The molecule has 3 fully saturated rings. The number of imide groups is 2. The summed E-state index contributed by atoms with van der Waals surface area (Å²) in [6, 6.07) is 9.26. The van der Waals surface area contributed by atoms with Gasteiger partial charge in [-0.05, 0) is 61.6 Å². The van der Waals surface area contributed by atoms with E-state index in [-0.39, 0.29) is 53.5 Å². The molecule has 4 aliphatic rings. The van der Waals surface area contributed by atoms with Crippen molar-refractivity contribution in [1.82, 2.24) is 44.0 Å². The molecule has 4 aliphatic heterocycles. The molecule has 1 N–H and O–H groups in total. The highest BCUT2D eigenvalue weighted by atomic mass is 35.5. The molecule has 1 unspecified atom stereocenters. The Morgan fingerprint density at radius 2 is 1.54 bits per heavy atom. The van der Waals surface area contributed by atoms with E-state index in [0.717, 1.165) is 60.7 Å². The standard InChI is InChI=1S/C39H39Cl2N11O7/c1-46-32-31(37(57)47(2)39(46)58)51(20-30-44-45-34(59-30)22-3-6-26(40)27(41)17-22)38(43-32)50-15-13-48(14-16-50)19-21-9-11-49(12-10-21)23-4-5-24-25(18-23)36(56)52(35(24)55)28-7-8-29(53)42-33(28)54/h3-6,17-18,21,28H,7-16,19-20H2,1-2H3,(H,42,53,54). The van der Waals surface area contributed by atoms with Gasteiger partial charge in [0.25, 0.3) is 17.4 Å². The number of piperidine rings is 2. The molecule has 0 bridgehead atoms. The fraction of sp³-hybridized carbons (Fsp3) is 0.410. The number of fused-ring (bicyclic) bond motifs is 2. The monoisotopic (exact) mass is 843 g/mol. The van der Waals surface area contributed by atoms with E-state index in [1.54, 1.807) is 41.9 Å². The molecule has 3 saturated heterocycles. The highest BCUT2D eigenvalue weighted by Crippen LogP contribution is 2.33. The lowest BCUT2D eigenvalue weighted by atomic mass is 9.95. The summed E-state index contributed by atoms with van der Waals surface area (Å²) in [5.41, 5.74) is 1.53. The number of carbonyl (C=O) groups is 4. The predicted octanol–water partition coefficient (Wildman–Crippen LogP) is 2.28. The first-order chi connectivity index (χ1) is 28.4. The predicted molar refractivity (Wildman–Crippen MR) is 216 cm³/mol. The first-order valence-corrected chi connectivity index (χ1v) is 20.1. The molecule has 306 valence electrons. The molecule has 7 heterocycles. The number of aromatic nitrogens is 6. The average molecular weight is 845 g/mol. The van der Waals surface area contributed by atoms with Gasteiger partial charge in [-0.15, -0.1) is 10.2 Å². The molecule has 5 aromatic rings. The van der Waals surface area contributed by atoms with E-state index in [1.807, 2.05) is 6.07 Å². The van der Waals surface area contributed by atoms with Gasteiger partial charge in [-0.2, -0.15) is 4.98 Å². The molecule has 0 aliphatic carbocycles. The van der Waals surface area contributed by atoms with Crippen molar-refractivity contribution in [3.8, 4) is 11.5 Å². The van der Waals surface area contributed by atoms with Crippen LogP contribution in [-0.2, 0) is 30.2 Å². The summed E-state index contributed by atoms with van der Waals surface area (Å²) in [6.45, 7) is 5.29. The van der Waals surface area contributed by atoms with Crippen molar-refractivity contribution < 1.29 is 23.6 Å². The number of anilines is 2. The molecule has 9 rings (SSSR count). The van der Waals surface area contributed by atoms with Crippen molar-refractivity contribution in [3.63, 3.8) is 0 Å². The lowest BCUT2D eigenvalue weighted by Crippen LogP contribution is -2.54. The minimum absolute atomic E-state index is 0.0408. The fourth-order valence-corrected chi connectivity index (χ4v) is 8.85. The number of hydrogen-bond donors (Lipinski definition) is 1. The Bertz CT molecular complexity index is 2690. The molecular formula is C39H39Cl2N11O7. The SMILES string of the molecule is Cn1c(=O)c2c(nc(N3CCN(CC4CCN(c5ccc6c(c5)C(=O)N(C5CCC(=O)NC5=O)C6=O)CC4)CC3)n2Cc2nnc(-c3ccc(Cl)c(Cl)c3)o2)n(C)c1=O. The second-order valence-corrected chi connectivity index (χ2v) is 16.2. The van der Waals surface area contributed by atoms with Gasteiger partial charge in [0, 0.05) is 77.6 Å². The minimum atomic E-state index is -1.00. The van der Waals surface area contributed by atoms with Crippen LogP contribution in [0.3, 0.4) is 0 Å². The molecule has 18 nitrogen and oxygen atoms in total. The van der Waals surface area contributed by atoms with Crippen molar-refractivity contribution in [2.45, 2.75) is 38.3 Å². The average Bonchev–Trinajstić information content (AvgIpc) is 3.93. The maximum atomic E-state index is 13.6. The van der Waals surface area contributed by atoms with E-state index in [1.165, 1.54) is 11.6 Å². The molecule has 4 amide bonds. The number of aryl methyl sites for hydroxylation is 1. The Labute approximate surface area is 345 Å². The third-order valence-electron chi connectivity index (χ3n) is 11.8. The van der Waals surface area contributed by atoms with Gasteiger partial charge in [0.05, 0.1) is 21.2 Å². The molecule has 3 aromatic heterocycles. The van der Waals surface area contributed by atoms with Crippen LogP contribution in [0.2, 0.25) is 10.0 Å². The summed E-state index contributed by atoms with van der Waals surface area (Å²) in [5.74, 6) is -0.620. The van der Waals surface area contributed by atoms with Gasteiger partial charge in [-0.1, -0.05) is 23.2 Å². The number of nitrogens with one attached hydrogen (secondary N) is 1. The number of hydrogen-bond acceptors (Lipinski definition) is 13. The minimum Gasteiger partial charge on any atom is -0.419 e. The zero-order valence-electron chi connectivity index (χ0n) is 32.2. The third kappa shape index (κ3) is 6.87. The summed E-state index contributed by atoms with van der Waals surface area (Å²) in [7, 11) is 3.03. The largest absolute Gasteiger partial charge is 0.419 e. The van der Waals surface area contributed by atoms with Crippen LogP contribution in [0.1, 0.15) is 52.3 Å². The van der Waals surface area contributed by atoms with Crippen molar-refractivity contribution in [2.75, 3.05) is 55.6 Å². The lowest BCUT2D eigenvalue weighted by molar-refractivity contribution is -0.136. The number of rotatable bonds is 8.